The van der Waals surface area contributed by atoms with Crippen LogP contribution in [0, 0.1) is 5.92 Å². The number of nitrogens with zero attached hydrogens (tertiary/aromatic N) is 1. The van der Waals surface area contributed by atoms with Crippen LogP contribution in [0.15, 0.2) is 18.2 Å². The molecule has 1 aromatic carbocycles. The molecule has 24 heavy (non-hydrogen) atoms. The number of rotatable bonds is 4. The van der Waals surface area contributed by atoms with Gasteiger partial charge in [0.15, 0.2) is 0 Å². The van der Waals surface area contributed by atoms with Crippen LogP contribution in [0.1, 0.15) is 48.9 Å². The molecule has 132 valence electrons. The van der Waals surface area contributed by atoms with Gasteiger partial charge in [0, 0.05) is 18.5 Å². The first kappa shape index (κ1) is 17.1. The Labute approximate surface area is 143 Å². The van der Waals surface area contributed by atoms with Crippen molar-refractivity contribution >= 4 is 5.91 Å². The van der Waals surface area contributed by atoms with Gasteiger partial charge in [0.2, 0.25) is 0 Å². The van der Waals surface area contributed by atoms with E-state index >= 15 is 0 Å². The Morgan fingerprint density at radius 1 is 1.08 bits per heavy atom. The molecule has 1 aromatic rings. The number of methoxy groups -OCH3 is 2. The Kier molecular flexibility index (Phi) is 5.29. The number of hydrogen-bond acceptors (Lipinski definition) is 4. The van der Waals surface area contributed by atoms with Gasteiger partial charge in [-0.15, -0.1) is 0 Å². The van der Waals surface area contributed by atoms with Crippen LogP contribution in [-0.2, 0) is 0 Å². The van der Waals surface area contributed by atoms with E-state index in [0.717, 1.165) is 45.1 Å². The third-order valence-corrected chi connectivity index (χ3v) is 5.48. The van der Waals surface area contributed by atoms with Gasteiger partial charge in [0.05, 0.1) is 20.3 Å². The summed E-state index contributed by atoms with van der Waals surface area (Å²) in [5, 5.41) is 10.4. The fraction of sp³-hybridized carbons (Fsp3) is 0.632. The lowest BCUT2D eigenvalue weighted by molar-refractivity contribution is 0.0209. The number of benzene rings is 1. The first-order valence-electron chi connectivity index (χ1n) is 8.87. The van der Waals surface area contributed by atoms with Crippen molar-refractivity contribution in [2.24, 2.45) is 5.92 Å². The fourth-order valence-electron chi connectivity index (χ4n) is 4.28. The van der Waals surface area contributed by atoms with Crippen molar-refractivity contribution in [3.8, 4) is 11.5 Å². The fourth-order valence-corrected chi connectivity index (χ4v) is 4.28. The average Bonchev–Trinajstić information content (AvgIpc) is 3.10. The summed E-state index contributed by atoms with van der Waals surface area (Å²) in [6.07, 6.45) is 5.72. The van der Waals surface area contributed by atoms with Crippen molar-refractivity contribution < 1.29 is 19.4 Å². The topological polar surface area (TPSA) is 59.0 Å². The monoisotopic (exact) mass is 333 g/mol. The van der Waals surface area contributed by atoms with Crippen molar-refractivity contribution in [1.82, 2.24) is 4.90 Å². The first-order chi connectivity index (χ1) is 11.7. The number of aliphatic hydroxyl groups excluding tert-OH is 1. The summed E-state index contributed by atoms with van der Waals surface area (Å²) in [5.41, 5.74) is 0.486. The molecule has 2 aliphatic rings. The van der Waals surface area contributed by atoms with Crippen molar-refractivity contribution in [2.45, 2.75) is 50.7 Å². The van der Waals surface area contributed by atoms with Crippen LogP contribution in [0.25, 0.3) is 0 Å². The smallest absolute Gasteiger partial charge is 0.261 e. The number of hydrogen-bond donors (Lipinski definition) is 1. The minimum absolute atomic E-state index is 0.0513. The van der Waals surface area contributed by atoms with Crippen LogP contribution in [-0.4, -0.2) is 48.8 Å². The quantitative estimate of drug-likeness (QED) is 0.920. The van der Waals surface area contributed by atoms with Crippen LogP contribution in [0.4, 0.5) is 0 Å². The molecule has 1 saturated carbocycles. The summed E-state index contributed by atoms with van der Waals surface area (Å²) < 4.78 is 10.8. The van der Waals surface area contributed by atoms with Gasteiger partial charge in [-0.25, -0.2) is 0 Å². The summed E-state index contributed by atoms with van der Waals surface area (Å²) in [4.78, 5) is 15.2. The molecule has 1 N–H and O–H groups in total. The lowest BCUT2D eigenvalue weighted by Crippen LogP contribution is -2.45. The number of ether oxygens (including phenoxy) is 2. The van der Waals surface area contributed by atoms with E-state index in [-0.39, 0.29) is 24.0 Å². The highest BCUT2D eigenvalue weighted by molar-refractivity contribution is 6.00. The maximum atomic E-state index is 13.3. The van der Waals surface area contributed by atoms with Crippen LogP contribution in [0.2, 0.25) is 0 Å². The van der Waals surface area contributed by atoms with E-state index in [1.165, 1.54) is 0 Å². The second kappa shape index (κ2) is 7.43. The van der Waals surface area contributed by atoms with Gasteiger partial charge in [0.1, 0.15) is 17.1 Å². The Hall–Kier alpha value is -1.75. The molecule has 5 nitrogen and oxygen atoms in total. The van der Waals surface area contributed by atoms with Crippen molar-refractivity contribution in [1.29, 1.82) is 0 Å². The Balaban J connectivity index is 1.89. The zero-order chi connectivity index (χ0) is 17.1. The summed E-state index contributed by atoms with van der Waals surface area (Å²) in [6, 6.07) is 5.51. The van der Waals surface area contributed by atoms with Crippen molar-refractivity contribution in [3.63, 3.8) is 0 Å². The van der Waals surface area contributed by atoms with E-state index in [1.807, 2.05) is 11.0 Å². The van der Waals surface area contributed by atoms with E-state index in [4.69, 9.17) is 9.47 Å². The highest BCUT2D eigenvalue weighted by Crippen LogP contribution is 2.37. The summed E-state index contributed by atoms with van der Waals surface area (Å²) >= 11 is 0. The van der Waals surface area contributed by atoms with E-state index in [9.17, 15) is 9.90 Å². The minimum Gasteiger partial charge on any atom is -0.496 e. The molecule has 0 aromatic heterocycles. The summed E-state index contributed by atoms with van der Waals surface area (Å²) in [6.45, 7) is 0.730. The van der Waals surface area contributed by atoms with Gasteiger partial charge in [-0.1, -0.05) is 18.9 Å². The van der Waals surface area contributed by atoms with Crippen LogP contribution in [0.5, 0.6) is 11.5 Å². The molecule has 0 spiro atoms. The molecule has 0 bridgehead atoms. The second-order valence-corrected chi connectivity index (χ2v) is 6.76. The Bertz CT molecular complexity index is 566. The van der Waals surface area contributed by atoms with Gasteiger partial charge < -0.3 is 19.5 Å². The third kappa shape index (κ3) is 3.09. The highest BCUT2D eigenvalue weighted by atomic mass is 16.5. The van der Waals surface area contributed by atoms with E-state index < -0.39 is 0 Å². The molecular weight excluding hydrogens is 306 g/mol. The van der Waals surface area contributed by atoms with Gasteiger partial charge in [0.25, 0.3) is 5.91 Å². The SMILES string of the molecule is COc1cccc(OC)c1C(=O)N1CCC[C@@H]1[C@H]1CCCC[C@@H]1O. The van der Waals surface area contributed by atoms with E-state index in [0.29, 0.717) is 17.1 Å². The van der Waals surface area contributed by atoms with Gasteiger partial charge >= 0.3 is 0 Å². The largest absolute Gasteiger partial charge is 0.496 e. The summed E-state index contributed by atoms with van der Waals surface area (Å²) in [5.74, 6) is 1.21. The Morgan fingerprint density at radius 3 is 2.38 bits per heavy atom. The first-order valence-corrected chi connectivity index (χ1v) is 8.87. The molecular formula is C19H27NO4. The standard InChI is InChI=1S/C19H27NO4/c1-23-16-10-5-11-17(24-2)18(16)19(22)20-12-6-8-14(20)13-7-3-4-9-15(13)21/h5,10-11,13-15,21H,3-4,6-9,12H2,1-2H3/t13-,14-,15+/m1/s1. The minimum atomic E-state index is -0.295. The predicted molar refractivity (Wildman–Crippen MR) is 91.6 cm³/mol. The van der Waals surface area contributed by atoms with Gasteiger partial charge in [-0.2, -0.15) is 0 Å². The van der Waals surface area contributed by atoms with Gasteiger partial charge in [-0.05, 0) is 37.8 Å². The molecule has 1 saturated heterocycles. The molecule has 1 aliphatic carbocycles. The Morgan fingerprint density at radius 2 is 1.75 bits per heavy atom. The molecule has 0 radical (unpaired) electrons. The maximum absolute atomic E-state index is 13.3. The maximum Gasteiger partial charge on any atom is 0.261 e. The number of carbonyl (C=O) groups is 1. The normalized spacial score (nSPS) is 27.1. The lowest BCUT2D eigenvalue weighted by atomic mass is 9.80. The molecule has 1 heterocycles. The molecule has 2 fully saturated rings. The van der Waals surface area contributed by atoms with Crippen LogP contribution < -0.4 is 9.47 Å². The number of aliphatic hydroxyl groups is 1. The molecule has 5 heteroatoms. The van der Waals surface area contributed by atoms with E-state index in [2.05, 4.69) is 0 Å². The third-order valence-electron chi connectivity index (χ3n) is 5.48. The lowest BCUT2D eigenvalue weighted by Gasteiger charge is -2.37. The molecule has 3 atom stereocenters. The molecule has 1 aliphatic heterocycles. The second-order valence-electron chi connectivity index (χ2n) is 6.76. The molecule has 1 amide bonds. The van der Waals surface area contributed by atoms with Crippen molar-refractivity contribution in [2.75, 3.05) is 20.8 Å². The summed E-state index contributed by atoms with van der Waals surface area (Å²) in [7, 11) is 3.13. The van der Waals surface area contributed by atoms with Gasteiger partial charge in [-0.3, -0.25) is 4.79 Å². The van der Waals surface area contributed by atoms with Crippen molar-refractivity contribution in [3.05, 3.63) is 23.8 Å². The average molecular weight is 333 g/mol. The number of amides is 1. The van der Waals surface area contributed by atoms with Crippen LogP contribution in [0.3, 0.4) is 0 Å². The van der Waals surface area contributed by atoms with E-state index in [1.54, 1.807) is 26.4 Å². The van der Waals surface area contributed by atoms with Crippen LogP contribution >= 0.6 is 0 Å². The molecule has 3 rings (SSSR count). The zero-order valence-corrected chi connectivity index (χ0v) is 14.5. The number of likely N-dealkylation sites (tertiary alicyclic amines) is 1. The highest BCUT2D eigenvalue weighted by Gasteiger charge is 2.40. The predicted octanol–water partition coefficient (Wildman–Crippen LogP) is 2.86. The molecule has 0 unspecified atom stereocenters. The zero-order valence-electron chi connectivity index (χ0n) is 14.5. The number of carbonyl (C=O) groups excluding carboxylic acids is 1.